The van der Waals surface area contributed by atoms with Crippen molar-refractivity contribution in [2.45, 2.75) is 6.10 Å². The lowest BCUT2D eigenvalue weighted by Crippen LogP contribution is -2.21. The molecule has 0 aliphatic rings. The number of ether oxygens (including phenoxy) is 2. The normalized spacial score (nSPS) is 13.4. The number of hydrogen-bond acceptors (Lipinski definition) is 5. The quantitative estimate of drug-likeness (QED) is 0.554. The van der Waals surface area contributed by atoms with Crippen molar-refractivity contribution in [3.8, 4) is 0 Å². The van der Waals surface area contributed by atoms with Gasteiger partial charge < -0.3 is 19.5 Å². The second-order valence-corrected chi connectivity index (χ2v) is 4.75. The minimum atomic E-state index is -0.367. The van der Waals surface area contributed by atoms with Gasteiger partial charge in [0.25, 0.3) is 0 Å². The molecule has 1 unspecified atom stereocenters. The molecule has 0 heterocycles. The molecule has 0 saturated heterocycles. The summed E-state index contributed by atoms with van der Waals surface area (Å²) >= 11 is 1.75. The number of hydrogen-bond donors (Lipinski definition) is 1. The SMILES string of the molecule is COCCOCC(O)CSCCN(C)C. The molecule has 0 rings (SSSR count). The second kappa shape index (κ2) is 10.7. The standard InChI is InChI=1S/C10H23NO3S/c1-11(2)4-7-15-9-10(12)8-14-6-5-13-3/h10,12H,4-9H2,1-3H3. The van der Waals surface area contributed by atoms with Gasteiger partial charge in [-0.1, -0.05) is 0 Å². The molecule has 0 radical (unpaired) electrons. The van der Waals surface area contributed by atoms with Crippen molar-refractivity contribution in [3.05, 3.63) is 0 Å². The predicted molar refractivity (Wildman–Crippen MR) is 64.6 cm³/mol. The van der Waals surface area contributed by atoms with Gasteiger partial charge in [0.1, 0.15) is 0 Å². The lowest BCUT2D eigenvalue weighted by molar-refractivity contribution is 0.0218. The minimum absolute atomic E-state index is 0.367. The van der Waals surface area contributed by atoms with E-state index in [-0.39, 0.29) is 6.10 Å². The largest absolute Gasteiger partial charge is 0.390 e. The van der Waals surface area contributed by atoms with Crippen LogP contribution >= 0.6 is 11.8 Å². The van der Waals surface area contributed by atoms with Gasteiger partial charge in [0.15, 0.2) is 0 Å². The smallest absolute Gasteiger partial charge is 0.0863 e. The Balaban J connectivity index is 3.15. The number of methoxy groups -OCH3 is 1. The molecule has 1 N–H and O–H groups in total. The van der Waals surface area contributed by atoms with Crippen LogP contribution in [0, 0.1) is 0 Å². The molecule has 0 aliphatic heterocycles. The van der Waals surface area contributed by atoms with Gasteiger partial charge in [-0.05, 0) is 14.1 Å². The number of rotatable bonds is 10. The van der Waals surface area contributed by atoms with Crippen molar-refractivity contribution >= 4 is 11.8 Å². The summed E-state index contributed by atoms with van der Waals surface area (Å²) in [5.74, 6) is 1.78. The highest BCUT2D eigenvalue weighted by Crippen LogP contribution is 2.03. The first-order chi connectivity index (χ1) is 7.16. The summed E-state index contributed by atoms with van der Waals surface area (Å²) < 4.78 is 10.0. The Morgan fingerprint density at radius 3 is 2.67 bits per heavy atom. The summed E-state index contributed by atoms with van der Waals surface area (Å²) in [5, 5.41) is 9.51. The average molecular weight is 237 g/mol. The third-order valence-electron chi connectivity index (χ3n) is 1.74. The van der Waals surface area contributed by atoms with E-state index in [1.807, 2.05) is 14.1 Å². The maximum atomic E-state index is 9.51. The van der Waals surface area contributed by atoms with E-state index in [0.29, 0.717) is 19.8 Å². The first-order valence-electron chi connectivity index (χ1n) is 5.14. The molecule has 0 fully saturated rings. The molecule has 0 bridgehead atoms. The summed E-state index contributed by atoms with van der Waals surface area (Å²) in [6, 6.07) is 0. The molecule has 0 aliphatic carbocycles. The van der Waals surface area contributed by atoms with E-state index >= 15 is 0 Å². The fraction of sp³-hybridized carbons (Fsp3) is 1.00. The fourth-order valence-corrected chi connectivity index (χ4v) is 1.91. The molecule has 0 spiro atoms. The van der Waals surface area contributed by atoms with Crippen LogP contribution in [0.5, 0.6) is 0 Å². The molecule has 0 aromatic rings. The van der Waals surface area contributed by atoms with Gasteiger partial charge in [-0.15, -0.1) is 0 Å². The zero-order valence-corrected chi connectivity index (χ0v) is 10.8. The van der Waals surface area contributed by atoms with E-state index in [2.05, 4.69) is 4.90 Å². The molecule has 0 aromatic heterocycles. The van der Waals surface area contributed by atoms with Crippen LogP contribution in [-0.4, -0.2) is 75.2 Å². The van der Waals surface area contributed by atoms with Gasteiger partial charge in [0.05, 0.1) is 25.9 Å². The summed E-state index contributed by atoms with van der Waals surface area (Å²) in [7, 11) is 5.73. The maximum absolute atomic E-state index is 9.51. The Morgan fingerprint density at radius 2 is 2.07 bits per heavy atom. The van der Waals surface area contributed by atoms with Gasteiger partial charge in [-0.2, -0.15) is 11.8 Å². The molecular formula is C10H23NO3S. The van der Waals surface area contributed by atoms with Crippen molar-refractivity contribution < 1.29 is 14.6 Å². The third kappa shape index (κ3) is 12.1. The minimum Gasteiger partial charge on any atom is -0.390 e. The Bertz CT molecular complexity index is 136. The van der Waals surface area contributed by atoms with Gasteiger partial charge in [-0.3, -0.25) is 0 Å². The van der Waals surface area contributed by atoms with Crippen molar-refractivity contribution in [2.24, 2.45) is 0 Å². The molecule has 92 valence electrons. The first-order valence-corrected chi connectivity index (χ1v) is 6.29. The van der Waals surface area contributed by atoms with Gasteiger partial charge in [0, 0.05) is 25.2 Å². The summed E-state index contributed by atoms with van der Waals surface area (Å²) in [4.78, 5) is 2.13. The summed E-state index contributed by atoms with van der Waals surface area (Å²) in [6.07, 6.45) is -0.367. The number of aliphatic hydroxyl groups excluding tert-OH is 1. The zero-order valence-electron chi connectivity index (χ0n) is 9.94. The highest BCUT2D eigenvalue weighted by atomic mass is 32.2. The van der Waals surface area contributed by atoms with E-state index < -0.39 is 0 Å². The highest BCUT2D eigenvalue weighted by molar-refractivity contribution is 7.99. The lowest BCUT2D eigenvalue weighted by atomic mass is 10.4. The van der Waals surface area contributed by atoms with Crippen LogP contribution in [0.25, 0.3) is 0 Å². The lowest BCUT2D eigenvalue weighted by Gasteiger charge is -2.12. The molecule has 0 saturated carbocycles. The van der Waals surface area contributed by atoms with Crippen molar-refractivity contribution in [1.82, 2.24) is 4.90 Å². The zero-order chi connectivity index (χ0) is 11.5. The van der Waals surface area contributed by atoms with Crippen LogP contribution in [0.4, 0.5) is 0 Å². The highest BCUT2D eigenvalue weighted by Gasteiger charge is 2.04. The predicted octanol–water partition coefficient (Wildman–Crippen LogP) is 0.305. The molecule has 15 heavy (non-hydrogen) atoms. The van der Waals surface area contributed by atoms with E-state index in [1.165, 1.54) is 0 Å². The Kier molecular flexibility index (Phi) is 10.8. The first kappa shape index (κ1) is 15.2. The Hall–Kier alpha value is 0.190. The van der Waals surface area contributed by atoms with Crippen molar-refractivity contribution in [2.75, 3.05) is 59.1 Å². The van der Waals surface area contributed by atoms with Crippen LogP contribution in [-0.2, 0) is 9.47 Å². The topological polar surface area (TPSA) is 41.9 Å². The van der Waals surface area contributed by atoms with Crippen LogP contribution in [0.3, 0.4) is 0 Å². The molecule has 0 aromatic carbocycles. The van der Waals surface area contributed by atoms with Crippen LogP contribution in [0.15, 0.2) is 0 Å². The Labute approximate surface area is 96.9 Å². The fourth-order valence-electron chi connectivity index (χ4n) is 0.876. The van der Waals surface area contributed by atoms with Crippen LogP contribution < -0.4 is 0 Å². The average Bonchev–Trinajstić information content (AvgIpc) is 2.19. The number of thioether (sulfide) groups is 1. The molecule has 5 heteroatoms. The van der Waals surface area contributed by atoms with Crippen LogP contribution in [0.1, 0.15) is 0 Å². The third-order valence-corrected chi connectivity index (χ3v) is 2.83. The molecule has 1 atom stereocenters. The number of nitrogens with zero attached hydrogens (tertiary/aromatic N) is 1. The van der Waals surface area contributed by atoms with Gasteiger partial charge in [-0.25, -0.2) is 0 Å². The van der Waals surface area contributed by atoms with Crippen LogP contribution in [0.2, 0.25) is 0 Å². The van der Waals surface area contributed by atoms with E-state index in [9.17, 15) is 5.11 Å². The second-order valence-electron chi connectivity index (χ2n) is 3.60. The van der Waals surface area contributed by atoms with Crippen molar-refractivity contribution in [1.29, 1.82) is 0 Å². The maximum Gasteiger partial charge on any atom is 0.0863 e. The van der Waals surface area contributed by atoms with Gasteiger partial charge >= 0.3 is 0 Å². The molecular weight excluding hydrogens is 214 g/mol. The monoisotopic (exact) mass is 237 g/mol. The van der Waals surface area contributed by atoms with Crippen molar-refractivity contribution in [3.63, 3.8) is 0 Å². The molecule has 0 amide bonds. The van der Waals surface area contributed by atoms with Gasteiger partial charge in [0.2, 0.25) is 0 Å². The summed E-state index contributed by atoms with van der Waals surface area (Å²) in [6.45, 7) is 2.58. The Morgan fingerprint density at radius 1 is 1.33 bits per heavy atom. The number of aliphatic hydroxyl groups is 1. The van der Waals surface area contributed by atoms with E-state index in [0.717, 1.165) is 18.1 Å². The molecule has 4 nitrogen and oxygen atoms in total. The van der Waals surface area contributed by atoms with E-state index in [1.54, 1.807) is 18.9 Å². The summed E-state index contributed by atoms with van der Waals surface area (Å²) in [5.41, 5.74) is 0. The van der Waals surface area contributed by atoms with E-state index in [4.69, 9.17) is 9.47 Å².